The number of halogens is 1. The van der Waals surface area contributed by atoms with Crippen molar-refractivity contribution in [1.29, 1.82) is 10.5 Å². The van der Waals surface area contributed by atoms with Crippen LogP contribution in [0, 0.1) is 22.7 Å². The van der Waals surface area contributed by atoms with Crippen LogP contribution in [0.1, 0.15) is 30.5 Å². The number of nitrogens with zero attached hydrogens (tertiary/aromatic N) is 8. The number of nitriles is 2. The smallest absolute Gasteiger partial charge is 0.247 e. The number of imidazole rings is 1. The summed E-state index contributed by atoms with van der Waals surface area (Å²) in [4.78, 5) is 13.4. The van der Waals surface area contributed by atoms with Crippen molar-refractivity contribution in [3.05, 3.63) is 34.6 Å². The number of nitrogens with one attached hydrogen (secondary N) is 2. The van der Waals surface area contributed by atoms with Gasteiger partial charge in [-0.05, 0) is 31.4 Å². The Bertz CT molecular complexity index is 1390. The first kappa shape index (κ1) is 21.9. The summed E-state index contributed by atoms with van der Waals surface area (Å²) in [5, 5.41) is 40.6. The van der Waals surface area contributed by atoms with E-state index in [2.05, 4.69) is 47.6 Å². The van der Waals surface area contributed by atoms with E-state index in [1.807, 2.05) is 0 Å². The molecule has 2 aliphatic heterocycles. The molecule has 2 aromatic heterocycles. The van der Waals surface area contributed by atoms with E-state index in [-0.39, 0.29) is 18.1 Å². The zero-order valence-corrected chi connectivity index (χ0v) is 19.6. The Hall–Kier alpha value is -3.64. The summed E-state index contributed by atoms with van der Waals surface area (Å²) in [6.45, 7) is 3.00. The van der Waals surface area contributed by atoms with Gasteiger partial charge in [0.2, 0.25) is 5.95 Å². The molecule has 3 N–H and O–H groups in total. The Morgan fingerprint density at radius 3 is 2.77 bits per heavy atom. The number of aliphatic hydroxyl groups is 1. The Kier molecular flexibility index (Phi) is 5.33. The molecule has 0 unspecified atom stereocenters. The molecule has 3 aromatic rings. The van der Waals surface area contributed by atoms with E-state index in [4.69, 9.17) is 11.6 Å². The predicted molar refractivity (Wildman–Crippen MR) is 130 cm³/mol. The van der Waals surface area contributed by atoms with Gasteiger partial charge in [0.1, 0.15) is 6.07 Å². The second kappa shape index (κ2) is 8.54. The number of hydrogen-bond acceptors (Lipinski definition) is 10. The van der Waals surface area contributed by atoms with Crippen LogP contribution in [0.5, 0.6) is 0 Å². The van der Waals surface area contributed by atoms with Gasteiger partial charge in [-0.3, -0.25) is 4.90 Å². The van der Waals surface area contributed by atoms with Crippen molar-refractivity contribution in [1.82, 2.24) is 24.5 Å². The molecular formula is C23H23ClN10O. The third kappa shape index (κ3) is 4.08. The lowest BCUT2D eigenvalue weighted by molar-refractivity contribution is 0.173. The summed E-state index contributed by atoms with van der Waals surface area (Å²) in [7, 11) is 0. The highest BCUT2D eigenvalue weighted by Gasteiger charge is 2.36. The number of anilines is 4. The molecule has 6 rings (SSSR count). The van der Waals surface area contributed by atoms with Crippen LogP contribution in [0.15, 0.2) is 18.3 Å². The molecule has 0 radical (unpaired) electrons. The highest BCUT2D eigenvalue weighted by molar-refractivity contribution is 6.36. The van der Waals surface area contributed by atoms with Crippen molar-refractivity contribution < 1.29 is 5.11 Å². The molecule has 2 atom stereocenters. The number of rotatable bonds is 5. The lowest BCUT2D eigenvalue weighted by Crippen LogP contribution is -2.50. The predicted octanol–water partition coefficient (Wildman–Crippen LogP) is 2.09. The summed E-state index contributed by atoms with van der Waals surface area (Å²) < 4.78 is 1.45. The van der Waals surface area contributed by atoms with Crippen LogP contribution in [-0.4, -0.2) is 74.0 Å². The number of aliphatic hydroxyl groups excluding tert-OH is 1. The van der Waals surface area contributed by atoms with Crippen LogP contribution in [0.25, 0.3) is 5.65 Å². The van der Waals surface area contributed by atoms with Gasteiger partial charge in [0.15, 0.2) is 17.2 Å². The first-order chi connectivity index (χ1) is 17.0. The Labute approximate surface area is 206 Å². The van der Waals surface area contributed by atoms with Crippen molar-refractivity contribution in [2.45, 2.75) is 37.5 Å². The topological polar surface area (TPSA) is 141 Å². The quantitative estimate of drug-likeness (QED) is 0.486. The molecule has 11 nitrogen and oxygen atoms in total. The van der Waals surface area contributed by atoms with Gasteiger partial charge in [0.25, 0.3) is 0 Å². The van der Waals surface area contributed by atoms with Crippen LogP contribution in [0.2, 0.25) is 5.02 Å². The molecule has 0 amide bonds. The van der Waals surface area contributed by atoms with E-state index in [9.17, 15) is 15.6 Å². The normalized spacial score (nSPS) is 22.0. The van der Waals surface area contributed by atoms with Gasteiger partial charge in [-0.2, -0.15) is 20.0 Å². The summed E-state index contributed by atoms with van der Waals surface area (Å²) >= 11 is 6.86. The highest BCUT2D eigenvalue weighted by Crippen LogP contribution is 2.38. The summed E-state index contributed by atoms with van der Waals surface area (Å²) in [5.74, 6) is 0.775. The van der Waals surface area contributed by atoms with Gasteiger partial charge in [0.05, 0.1) is 40.3 Å². The van der Waals surface area contributed by atoms with Gasteiger partial charge in [0, 0.05) is 38.3 Å². The Balaban J connectivity index is 1.35. The van der Waals surface area contributed by atoms with E-state index in [1.54, 1.807) is 12.1 Å². The minimum Gasteiger partial charge on any atom is -0.392 e. The molecule has 0 bridgehead atoms. The third-order valence-corrected chi connectivity index (χ3v) is 7.16. The van der Waals surface area contributed by atoms with Crippen LogP contribution < -0.4 is 15.5 Å². The van der Waals surface area contributed by atoms with Crippen LogP contribution in [-0.2, 0) is 0 Å². The molecule has 3 aliphatic rings. The molecule has 1 aliphatic carbocycles. The summed E-state index contributed by atoms with van der Waals surface area (Å²) in [5.41, 5.74) is 2.49. The summed E-state index contributed by atoms with van der Waals surface area (Å²) in [6.07, 6.45) is 4.00. The number of hydrogen-bond donors (Lipinski definition) is 3. The zero-order valence-electron chi connectivity index (χ0n) is 18.8. The fraction of sp³-hybridized carbons (Fsp3) is 0.435. The molecule has 12 heteroatoms. The number of benzene rings is 1. The Morgan fingerprint density at radius 1 is 1.14 bits per heavy atom. The number of fused-ring (bicyclic) bond motifs is 2. The van der Waals surface area contributed by atoms with E-state index < -0.39 is 0 Å². The average Bonchev–Trinajstić information content (AvgIpc) is 3.44. The summed E-state index contributed by atoms with van der Waals surface area (Å²) in [6, 6.07) is 8.36. The number of piperazine rings is 1. The minimum atomic E-state index is -0.301. The van der Waals surface area contributed by atoms with Gasteiger partial charge >= 0.3 is 0 Å². The van der Waals surface area contributed by atoms with Gasteiger partial charge in [-0.15, -0.1) is 5.10 Å². The lowest BCUT2D eigenvalue weighted by atomic mass is 10.1. The molecule has 4 heterocycles. The minimum absolute atomic E-state index is 0.238. The number of aromatic nitrogens is 4. The van der Waals surface area contributed by atoms with Gasteiger partial charge < -0.3 is 20.6 Å². The van der Waals surface area contributed by atoms with Gasteiger partial charge in [-0.1, -0.05) is 11.6 Å². The maximum atomic E-state index is 10.1. The van der Waals surface area contributed by atoms with Crippen LogP contribution in [0.4, 0.5) is 23.1 Å². The van der Waals surface area contributed by atoms with E-state index in [0.717, 1.165) is 44.6 Å². The van der Waals surface area contributed by atoms with E-state index in [1.165, 1.54) is 10.7 Å². The second-order valence-corrected chi connectivity index (χ2v) is 9.65. The zero-order chi connectivity index (χ0) is 24.1. The van der Waals surface area contributed by atoms with Crippen molar-refractivity contribution in [3.8, 4) is 12.1 Å². The van der Waals surface area contributed by atoms with E-state index >= 15 is 0 Å². The second-order valence-electron chi connectivity index (χ2n) is 9.27. The molecular weight excluding hydrogens is 468 g/mol. The fourth-order valence-corrected chi connectivity index (χ4v) is 5.15. The molecule has 1 aromatic carbocycles. The lowest BCUT2D eigenvalue weighted by Gasteiger charge is -2.39. The van der Waals surface area contributed by atoms with Crippen molar-refractivity contribution in [2.24, 2.45) is 0 Å². The van der Waals surface area contributed by atoms with Gasteiger partial charge in [-0.25, -0.2) is 4.98 Å². The first-order valence-corrected chi connectivity index (χ1v) is 12.0. The molecule has 3 fully saturated rings. The molecule has 178 valence electrons. The van der Waals surface area contributed by atoms with E-state index in [0.29, 0.717) is 46.0 Å². The van der Waals surface area contributed by atoms with Crippen molar-refractivity contribution in [2.75, 3.05) is 41.7 Å². The van der Waals surface area contributed by atoms with Crippen LogP contribution >= 0.6 is 11.6 Å². The molecule has 35 heavy (non-hydrogen) atoms. The molecule has 1 saturated carbocycles. The molecule has 0 spiro atoms. The Morgan fingerprint density at radius 2 is 2.00 bits per heavy atom. The largest absolute Gasteiger partial charge is 0.392 e. The highest BCUT2D eigenvalue weighted by atomic mass is 35.5. The fourth-order valence-electron chi connectivity index (χ4n) is 4.88. The third-order valence-electron chi connectivity index (χ3n) is 6.76. The van der Waals surface area contributed by atoms with Crippen LogP contribution in [0.3, 0.4) is 0 Å². The van der Waals surface area contributed by atoms with Crippen molar-refractivity contribution >= 4 is 40.4 Å². The average molecular weight is 491 g/mol. The monoisotopic (exact) mass is 490 g/mol. The standard InChI is InChI=1S/C23H23ClN10O/c24-20-18(5-13(8-25)6-19(20)33-4-3-32-12-17(35)7-15(32)11-33)29-23-30-21(28-14-1-2-14)22-27-10-16(9-26)34(22)31-23/h5-6,10,14-15,17,35H,1-4,7,11-12H2,(H2,28,29,30,31)/t15-,17+/m0/s1. The maximum absolute atomic E-state index is 10.1. The SMILES string of the molecule is N#Cc1cc(Nc2nc(NC3CC3)c3ncc(C#N)n3n2)c(Cl)c(N2CCN3C[C@H](O)C[C@H]3C2)c1. The maximum Gasteiger partial charge on any atom is 0.247 e. The molecule has 2 saturated heterocycles. The van der Waals surface area contributed by atoms with Crippen molar-refractivity contribution in [3.63, 3.8) is 0 Å². The first-order valence-electron chi connectivity index (χ1n) is 11.6.